The average molecular weight is 438 g/mol. The Kier molecular flexibility index (Phi) is 12.0. The number of hydrogen-bond acceptors (Lipinski definition) is 4. The molecule has 0 fully saturated rings. The zero-order chi connectivity index (χ0) is 16.4. The van der Waals surface area contributed by atoms with E-state index in [0.29, 0.717) is 12.5 Å². The fraction of sp³-hybridized carbons (Fsp3) is 0.800. The van der Waals surface area contributed by atoms with Gasteiger partial charge in [0.2, 0.25) is 0 Å². The second-order valence-electron chi connectivity index (χ2n) is 5.67. The van der Waals surface area contributed by atoms with Crippen LogP contribution in [0.3, 0.4) is 0 Å². The van der Waals surface area contributed by atoms with Crippen molar-refractivity contribution in [2.45, 2.75) is 40.7 Å². The van der Waals surface area contributed by atoms with Crippen LogP contribution in [0.4, 0.5) is 0 Å². The van der Waals surface area contributed by atoms with Crippen molar-refractivity contribution in [2.75, 3.05) is 26.3 Å². The largest absolute Gasteiger partial charge is 0.381 e. The number of aliphatic imine (C=N–C) groups is 1. The lowest BCUT2D eigenvalue weighted by Gasteiger charge is -2.11. The van der Waals surface area contributed by atoms with Crippen LogP contribution in [0.5, 0.6) is 0 Å². The fourth-order valence-electron chi connectivity index (χ4n) is 1.78. The van der Waals surface area contributed by atoms with E-state index in [9.17, 15) is 0 Å². The summed E-state index contributed by atoms with van der Waals surface area (Å²) >= 11 is 0. The molecule has 0 radical (unpaired) electrons. The van der Waals surface area contributed by atoms with Crippen LogP contribution < -0.4 is 10.6 Å². The maximum Gasteiger partial charge on any atom is 0.191 e. The van der Waals surface area contributed by atoms with Crippen molar-refractivity contribution in [3.63, 3.8) is 0 Å². The molecule has 0 aliphatic carbocycles. The molecule has 2 N–H and O–H groups in total. The maximum atomic E-state index is 5.56. The first-order valence-corrected chi connectivity index (χ1v) is 7.99. The predicted octanol–water partition coefficient (Wildman–Crippen LogP) is 1.86. The van der Waals surface area contributed by atoms with Gasteiger partial charge in [0.15, 0.2) is 11.8 Å². The molecule has 134 valence electrons. The lowest BCUT2D eigenvalue weighted by molar-refractivity contribution is 0.108. The molecule has 1 rings (SSSR count). The zero-order valence-electron chi connectivity index (χ0n) is 14.9. The first-order valence-electron chi connectivity index (χ1n) is 7.99. The number of nitrogens with one attached hydrogen (secondary N) is 2. The summed E-state index contributed by atoms with van der Waals surface area (Å²) in [6.45, 7) is 12.1. The molecular formula is C15H31IN6O. The number of guanidine groups is 1. The molecule has 0 spiro atoms. The van der Waals surface area contributed by atoms with Gasteiger partial charge in [-0.3, -0.25) is 0 Å². The Hall–Kier alpha value is -0.900. The Bertz CT molecular complexity index is 461. The number of halogens is 1. The minimum atomic E-state index is 0. The summed E-state index contributed by atoms with van der Waals surface area (Å²) in [5.74, 6) is 3.13. The SMILES string of the molecule is CCNC(=NCc1nnc(C)n1C)NCCCOCC(C)C.I. The van der Waals surface area contributed by atoms with Crippen LogP contribution in [-0.2, 0) is 18.3 Å². The molecule has 0 atom stereocenters. The van der Waals surface area contributed by atoms with Crippen LogP contribution >= 0.6 is 24.0 Å². The molecule has 0 aliphatic rings. The van der Waals surface area contributed by atoms with Crippen LogP contribution in [-0.4, -0.2) is 47.0 Å². The van der Waals surface area contributed by atoms with Crippen molar-refractivity contribution in [3.05, 3.63) is 11.6 Å². The van der Waals surface area contributed by atoms with Gasteiger partial charge >= 0.3 is 0 Å². The van der Waals surface area contributed by atoms with Gasteiger partial charge in [-0.1, -0.05) is 13.8 Å². The van der Waals surface area contributed by atoms with Gasteiger partial charge in [-0.25, -0.2) is 4.99 Å². The van der Waals surface area contributed by atoms with Gasteiger partial charge in [-0.05, 0) is 26.2 Å². The Balaban J connectivity index is 0.00000484. The second kappa shape index (κ2) is 12.5. The molecule has 8 heteroatoms. The maximum absolute atomic E-state index is 5.56. The number of hydrogen-bond donors (Lipinski definition) is 2. The van der Waals surface area contributed by atoms with E-state index in [0.717, 1.165) is 50.3 Å². The second-order valence-corrected chi connectivity index (χ2v) is 5.67. The van der Waals surface area contributed by atoms with Gasteiger partial charge in [0.05, 0.1) is 0 Å². The van der Waals surface area contributed by atoms with Gasteiger partial charge in [0.1, 0.15) is 12.4 Å². The van der Waals surface area contributed by atoms with E-state index in [-0.39, 0.29) is 24.0 Å². The molecule has 0 bridgehead atoms. The van der Waals surface area contributed by atoms with E-state index in [1.165, 1.54) is 0 Å². The van der Waals surface area contributed by atoms with E-state index in [2.05, 4.69) is 46.6 Å². The third kappa shape index (κ3) is 9.09. The lowest BCUT2D eigenvalue weighted by Crippen LogP contribution is -2.38. The van der Waals surface area contributed by atoms with Gasteiger partial charge in [-0.15, -0.1) is 34.2 Å². The van der Waals surface area contributed by atoms with Crippen molar-refractivity contribution in [2.24, 2.45) is 18.0 Å². The molecule has 0 amide bonds. The minimum Gasteiger partial charge on any atom is -0.381 e. The van der Waals surface area contributed by atoms with Crippen LogP contribution in [0.15, 0.2) is 4.99 Å². The highest BCUT2D eigenvalue weighted by atomic mass is 127. The van der Waals surface area contributed by atoms with Gasteiger partial charge < -0.3 is 19.9 Å². The summed E-state index contributed by atoms with van der Waals surface area (Å²) in [5.41, 5.74) is 0. The molecular weight excluding hydrogens is 407 g/mol. The van der Waals surface area contributed by atoms with Crippen molar-refractivity contribution < 1.29 is 4.74 Å². The number of ether oxygens (including phenoxy) is 1. The van der Waals surface area contributed by atoms with Crippen LogP contribution in [0.25, 0.3) is 0 Å². The van der Waals surface area contributed by atoms with Gasteiger partial charge in [-0.2, -0.15) is 0 Å². The van der Waals surface area contributed by atoms with E-state index in [1.807, 2.05) is 18.5 Å². The van der Waals surface area contributed by atoms with E-state index in [4.69, 9.17) is 4.74 Å². The first-order chi connectivity index (χ1) is 10.5. The number of rotatable bonds is 9. The highest BCUT2D eigenvalue weighted by Gasteiger charge is 2.04. The summed E-state index contributed by atoms with van der Waals surface area (Å²) in [6.07, 6.45) is 0.959. The highest BCUT2D eigenvalue weighted by molar-refractivity contribution is 14.0. The van der Waals surface area contributed by atoms with Gasteiger partial charge in [0, 0.05) is 33.4 Å². The fourth-order valence-corrected chi connectivity index (χ4v) is 1.78. The molecule has 0 aromatic carbocycles. The van der Waals surface area contributed by atoms with Gasteiger partial charge in [0.25, 0.3) is 0 Å². The quantitative estimate of drug-likeness (QED) is 0.267. The average Bonchev–Trinajstić information content (AvgIpc) is 2.79. The van der Waals surface area contributed by atoms with Crippen LogP contribution in [0, 0.1) is 12.8 Å². The van der Waals surface area contributed by atoms with Crippen molar-refractivity contribution in [1.82, 2.24) is 25.4 Å². The molecule has 0 unspecified atom stereocenters. The molecule has 0 aliphatic heterocycles. The summed E-state index contributed by atoms with van der Waals surface area (Å²) in [5, 5.41) is 14.7. The Labute approximate surface area is 156 Å². The number of nitrogens with zero attached hydrogens (tertiary/aromatic N) is 4. The molecule has 0 saturated carbocycles. The van der Waals surface area contributed by atoms with Crippen LogP contribution in [0.2, 0.25) is 0 Å². The molecule has 23 heavy (non-hydrogen) atoms. The molecule has 7 nitrogen and oxygen atoms in total. The van der Waals surface area contributed by atoms with Crippen molar-refractivity contribution in [3.8, 4) is 0 Å². The Morgan fingerprint density at radius 3 is 2.61 bits per heavy atom. The normalized spacial score (nSPS) is 11.5. The summed E-state index contributed by atoms with van der Waals surface area (Å²) < 4.78 is 7.51. The Morgan fingerprint density at radius 2 is 2.04 bits per heavy atom. The van der Waals surface area contributed by atoms with Crippen molar-refractivity contribution >= 4 is 29.9 Å². The standard InChI is InChI=1S/C15H30N6O.HI/c1-6-16-15(17-8-7-9-22-11-12(2)3)18-10-14-20-19-13(4)21(14)5;/h12H,6-11H2,1-5H3,(H2,16,17,18);1H. The predicted molar refractivity (Wildman–Crippen MR) is 104 cm³/mol. The van der Waals surface area contributed by atoms with Crippen molar-refractivity contribution in [1.29, 1.82) is 0 Å². The molecule has 0 saturated heterocycles. The molecule has 1 aromatic heterocycles. The molecule has 1 aromatic rings. The smallest absolute Gasteiger partial charge is 0.191 e. The van der Waals surface area contributed by atoms with E-state index in [1.54, 1.807) is 0 Å². The van der Waals surface area contributed by atoms with E-state index < -0.39 is 0 Å². The lowest BCUT2D eigenvalue weighted by atomic mass is 10.2. The minimum absolute atomic E-state index is 0. The molecule has 1 heterocycles. The Morgan fingerprint density at radius 1 is 1.30 bits per heavy atom. The number of aryl methyl sites for hydroxylation is 1. The first kappa shape index (κ1) is 22.1. The van der Waals surface area contributed by atoms with E-state index >= 15 is 0 Å². The van der Waals surface area contributed by atoms with Crippen LogP contribution in [0.1, 0.15) is 38.8 Å². The third-order valence-electron chi connectivity index (χ3n) is 3.11. The topological polar surface area (TPSA) is 76.4 Å². The zero-order valence-corrected chi connectivity index (χ0v) is 17.3. The highest BCUT2D eigenvalue weighted by Crippen LogP contribution is 1.99. The monoisotopic (exact) mass is 438 g/mol. The third-order valence-corrected chi connectivity index (χ3v) is 3.11. The number of aromatic nitrogens is 3. The summed E-state index contributed by atoms with van der Waals surface area (Å²) in [4.78, 5) is 4.53. The summed E-state index contributed by atoms with van der Waals surface area (Å²) in [7, 11) is 1.95. The summed E-state index contributed by atoms with van der Waals surface area (Å²) in [6, 6.07) is 0.